The number of nitrogens with zero attached hydrogens (tertiary/aromatic N) is 1. The molecular formula is C26H34NSi2Yb+2. The van der Waals surface area contributed by atoms with Crippen molar-refractivity contribution < 1.29 is 46.9 Å². The summed E-state index contributed by atoms with van der Waals surface area (Å²) in [6.45, 7) is 13.8. The first-order valence-corrected chi connectivity index (χ1v) is 17.5. The second kappa shape index (κ2) is 11.8. The van der Waals surface area contributed by atoms with Crippen LogP contribution >= 0.6 is 0 Å². The van der Waals surface area contributed by atoms with Gasteiger partial charge in [0.2, 0.25) is 0 Å². The maximum atomic E-state index is 4.82. The maximum absolute atomic E-state index is 4.82. The van der Waals surface area contributed by atoms with Crippen LogP contribution in [0.1, 0.15) is 12.8 Å². The molecule has 4 rings (SSSR count). The summed E-state index contributed by atoms with van der Waals surface area (Å²) in [5.74, 6) is 8.45. The SMILES string of the molecule is C[Si](C)(C)[N-][Si](C)(C)C.[CH]1[CH][C](CC[C]2[CH][CH][C]3C=CC=C[C]32)[C]2C=CC=C[C]12.[Yb+3]. The molecule has 0 aromatic heterocycles. The molecule has 0 N–H and O–H groups in total. The van der Waals surface area contributed by atoms with E-state index in [1.165, 1.54) is 35.5 Å². The molecule has 0 aromatic rings. The van der Waals surface area contributed by atoms with Gasteiger partial charge in [-0.1, -0.05) is 104 Å². The molecule has 163 valence electrons. The largest absolute Gasteiger partial charge is 3.00 e. The van der Waals surface area contributed by atoms with E-state index in [-0.39, 0.29) is 46.9 Å². The first-order chi connectivity index (χ1) is 13.6. The van der Waals surface area contributed by atoms with Crippen molar-refractivity contribution in [2.24, 2.45) is 0 Å². The van der Waals surface area contributed by atoms with E-state index in [0.717, 1.165) is 12.8 Å². The fraction of sp³-hybridized carbons (Fsp3) is 0.308. The first kappa shape index (κ1) is 27.1. The number of fused-ring (bicyclic) bond motifs is 2. The van der Waals surface area contributed by atoms with Crippen molar-refractivity contribution in [2.75, 3.05) is 0 Å². The van der Waals surface area contributed by atoms with Crippen LogP contribution in [0.15, 0.2) is 48.6 Å². The second-order valence-electron chi connectivity index (χ2n) is 9.85. The van der Waals surface area contributed by atoms with E-state index in [1.807, 2.05) is 0 Å². The zero-order valence-corrected chi connectivity index (χ0v) is 22.8. The minimum absolute atomic E-state index is 0. The number of hydrogen-bond acceptors (Lipinski definition) is 0. The van der Waals surface area contributed by atoms with Gasteiger partial charge in [0.15, 0.2) is 0 Å². The molecule has 4 aliphatic carbocycles. The molecular weight excluding hydrogens is 556 g/mol. The van der Waals surface area contributed by atoms with Crippen LogP contribution in [0.2, 0.25) is 39.3 Å². The average molecular weight is 590 g/mol. The standard InChI is InChI=1S/C20H16.C6H18NSi2.Yb/c1-3-7-19-15(5-1)9-11-17(19)13-14-18-12-10-16-6-2-4-8-20(16)18;1-8(2,3)7-9(4,5)6;/h1-12H,13-14H2;1-6H3;/q;-1;+3. The molecule has 30 heavy (non-hydrogen) atoms. The van der Waals surface area contributed by atoms with Crippen molar-refractivity contribution in [1.29, 1.82) is 0 Å². The van der Waals surface area contributed by atoms with Crippen LogP contribution in [0, 0.1) is 108 Å². The molecule has 4 heteroatoms. The van der Waals surface area contributed by atoms with Crippen LogP contribution in [0.3, 0.4) is 0 Å². The normalized spacial score (nSPS) is 23.3. The minimum atomic E-state index is -1.11. The van der Waals surface area contributed by atoms with Gasteiger partial charge in [0.05, 0.1) is 0 Å². The third-order valence-electron chi connectivity index (χ3n) is 4.88. The third-order valence-corrected chi connectivity index (χ3v) is 10.2. The summed E-state index contributed by atoms with van der Waals surface area (Å²) in [7, 11) is -2.21. The zero-order valence-electron chi connectivity index (χ0n) is 19.1. The Bertz CT molecular complexity index is 597. The Kier molecular flexibility index (Phi) is 10.7. The molecule has 4 aliphatic rings. The van der Waals surface area contributed by atoms with Gasteiger partial charge in [-0.3, -0.25) is 0 Å². The molecule has 0 spiro atoms. The molecule has 0 amide bonds. The predicted octanol–water partition coefficient (Wildman–Crippen LogP) is 7.34. The van der Waals surface area contributed by atoms with Crippen molar-refractivity contribution in [3.63, 3.8) is 0 Å². The summed E-state index contributed by atoms with van der Waals surface area (Å²) in [5.41, 5.74) is 0. The topological polar surface area (TPSA) is 14.1 Å². The van der Waals surface area contributed by atoms with E-state index >= 15 is 0 Å². The molecule has 0 aliphatic heterocycles. The fourth-order valence-electron chi connectivity index (χ4n) is 4.14. The second-order valence-corrected chi connectivity index (χ2v) is 19.4. The maximum Gasteiger partial charge on any atom is 3.00 e. The molecule has 11 radical (unpaired) electrons. The van der Waals surface area contributed by atoms with Gasteiger partial charge in [0.1, 0.15) is 0 Å². The summed E-state index contributed by atoms with van der Waals surface area (Å²) in [6.07, 6.45) is 28.5. The summed E-state index contributed by atoms with van der Waals surface area (Å²) >= 11 is 0. The summed E-state index contributed by atoms with van der Waals surface area (Å²) in [4.78, 5) is 0. The van der Waals surface area contributed by atoms with E-state index in [1.54, 1.807) is 0 Å². The van der Waals surface area contributed by atoms with Crippen molar-refractivity contribution in [1.82, 2.24) is 0 Å². The Morgan fingerprint density at radius 3 is 1.27 bits per heavy atom. The van der Waals surface area contributed by atoms with Gasteiger partial charge in [0.25, 0.3) is 0 Å². The number of rotatable bonds is 5. The smallest absolute Gasteiger partial charge is 0.668 e. The van der Waals surface area contributed by atoms with Gasteiger partial charge < -0.3 is 4.65 Å². The molecule has 0 unspecified atom stereocenters. The molecule has 0 heterocycles. The molecule has 2 fully saturated rings. The first-order valence-electron chi connectivity index (χ1n) is 10.6. The molecule has 1 nitrogen and oxygen atoms in total. The van der Waals surface area contributed by atoms with E-state index in [0.29, 0.717) is 0 Å². The molecule has 2 saturated carbocycles. The van der Waals surface area contributed by atoms with E-state index < -0.39 is 16.5 Å². The predicted molar refractivity (Wildman–Crippen MR) is 133 cm³/mol. The Hall–Kier alpha value is 0.873. The Morgan fingerprint density at radius 1 is 0.567 bits per heavy atom. The Labute approximate surface area is 227 Å². The van der Waals surface area contributed by atoms with Gasteiger partial charge >= 0.3 is 46.9 Å². The van der Waals surface area contributed by atoms with E-state index in [4.69, 9.17) is 4.65 Å². The summed E-state index contributed by atoms with van der Waals surface area (Å²) in [5, 5.41) is 0. The van der Waals surface area contributed by atoms with E-state index in [9.17, 15) is 0 Å². The Morgan fingerprint density at radius 2 is 0.933 bits per heavy atom. The van der Waals surface area contributed by atoms with Crippen LogP contribution in [-0.2, 0) is 0 Å². The van der Waals surface area contributed by atoms with Gasteiger partial charge in [0, 0.05) is 23.7 Å². The average Bonchev–Trinajstić information content (AvgIpc) is 3.21. The number of allylic oxidation sites excluding steroid dienone is 8. The van der Waals surface area contributed by atoms with Crippen molar-refractivity contribution in [2.45, 2.75) is 52.1 Å². The van der Waals surface area contributed by atoms with Crippen LogP contribution in [0.5, 0.6) is 0 Å². The summed E-state index contributed by atoms with van der Waals surface area (Å²) < 4.78 is 4.82. The van der Waals surface area contributed by atoms with Gasteiger partial charge in [-0.2, -0.15) is 0 Å². The molecule has 0 bridgehead atoms. The molecule has 0 aromatic carbocycles. The van der Waals surface area contributed by atoms with Crippen molar-refractivity contribution in [3.05, 3.63) is 114 Å². The van der Waals surface area contributed by atoms with E-state index in [2.05, 4.69) is 114 Å². The number of hydrogen-bond donors (Lipinski definition) is 0. The van der Waals surface area contributed by atoms with Crippen molar-refractivity contribution in [3.8, 4) is 0 Å². The minimum Gasteiger partial charge on any atom is -0.668 e. The quantitative estimate of drug-likeness (QED) is 0.298. The van der Waals surface area contributed by atoms with Crippen molar-refractivity contribution >= 4 is 16.5 Å². The molecule has 0 saturated heterocycles. The fourth-order valence-corrected chi connectivity index (χ4v) is 12.2. The van der Waals surface area contributed by atoms with Crippen LogP contribution in [-0.4, -0.2) is 16.5 Å². The van der Waals surface area contributed by atoms with Gasteiger partial charge in [-0.05, 0) is 50.4 Å². The van der Waals surface area contributed by atoms with Crippen LogP contribution in [0.4, 0.5) is 0 Å². The van der Waals surface area contributed by atoms with Gasteiger partial charge in [-0.25, -0.2) is 0 Å². The Balaban J connectivity index is 0.000000277. The van der Waals surface area contributed by atoms with Gasteiger partial charge in [-0.15, -0.1) is 0 Å². The zero-order chi connectivity index (χ0) is 21.1. The van der Waals surface area contributed by atoms with Crippen LogP contribution < -0.4 is 0 Å². The van der Waals surface area contributed by atoms with Crippen LogP contribution in [0.25, 0.3) is 4.65 Å². The molecule has 0 atom stereocenters. The monoisotopic (exact) mass is 590 g/mol. The summed E-state index contributed by atoms with van der Waals surface area (Å²) in [6, 6.07) is 0. The third kappa shape index (κ3) is 8.34.